The Balaban J connectivity index is 2.10. The van der Waals surface area contributed by atoms with Gasteiger partial charge in [0.1, 0.15) is 17.1 Å². The third-order valence-electron chi connectivity index (χ3n) is 4.06. The maximum Gasteiger partial charge on any atom is 0.222 e. The first-order valence-corrected chi connectivity index (χ1v) is 7.53. The largest absolute Gasteiger partial charge is 0.494 e. The van der Waals surface area contributed by atoms with Crippen LogP contribution in [0.5, 0.6) is 5.75 Å². The zero-order chi connectivity index (χ0) is 15.0. The number of para-hydroxylation sites is 1. The molecular weight excluding hydrogens is 290 g/mol. The number of amides is 1. The number of hydrogen-bond acceptors (Lipinski definition) is 3. The van der Waals surface area contributed by atoms with Crippen molar-refractivity contribution in [2.24, 2.45) is 0 Å². The van der Waals surface area contributed by atoms with Crippen LogP contribution in [-0.4, -0.2) is 41.1 Å². The number of imidazole rings is 1. The first-order chi connectivity index (χ1) is 10.2. The van der Waals surface area contributed by atoms with E-state index in [1.807, 2.05) is 25.2 Å². The van der Waals surface area contributed by atoms with Crippen molar-refractivity contribution in [2.75, 3.05) is 20.7 Å². The van der Waals surface area contributed by atoms with E-state index in [-0.39, 0.29) is 11.9 Å². The lowest BCUT2D eigenvalue weighted by Crippen LogP contribution is -2.38. The van der Waals surface area contributed by atoms with E-state index in [1.54, 1.807) is 12.0 Å². The van der Waals surface area contributed by atoms with Crippen LogP contribution in [0.1, 0.15) is 24.7 Å². The van der Waals surface area contributed by atoms with Crippen LogP contribution in [-0.2, 0) is 10.7 Å². The predicted octanol–water partition coefficient (Wildman–Crippen LogP) is 2.58. The topological polar surface area (TPSA) is 47.4 Å². The molecule has 1 aromatic carbocycles. The van der Waals surface area contributed by atoms with Gasteiger partial charge in [0.25, 0.3) is 0 Å². The van der Waals surface area contributed by atoms with Crippen LogP contribution in [0.25, 0.3) is 11.0 Å². The Hall–Kier alpha value is -1.75. The van der Waals surface area contributed by atoms with Crippen molar-refractivity contribution in [3.8, 4) is 5.75 Å². The van der Waals surface area contributed by atoms with Crippen molar-refractivity contribution >= 4 is 28.5 Å². The van der Waals surface area contributed by atoms with Crippen molar-refractivity contribution in [3.05, 3.63) is 24.0 Å². The van der Waals surface area contributed by atoms with Crippen molar-refractivity contribution in [2.45, 2.75) is 24.8 Å². The minimum atomic E-state index is 0.195. The predicted molar refractivity (Wildman–Crippen MR) is 81.8 cm³/mol. The fourth-order valence-electron chi connectivity index (χ4n) is 3.01. The molecule has 0 spiro atoms. The maximum atomic E-state index is 11.7. The summed E-state index contributed by atoms with van der Waals surface area (Å²) in [6.45, 7) is 0.686. The number of benzene rings is 1. The Labute approximate surface area is 128 Å². The lowest BCUT2D eigenvalue weighted by molar-refractivity contribution is -0.132. The molecule has 0 aliphatic carbocycles. The highest BCUT2D eigenvalue weighted by Gasteiger charge is 2.27. The molecule has 1 aromatic heterocycles. The van der Waals surface area contributed by atoms with Gasteiger partial charge in [-0.1, -0.05) is 6.07 Å². The van der Waals surface area contributed by atoms with E-state index in [2.05, 4.69) is 9.55 Å². The van der Waals surface area contributed by atoms with Gasteiger partial charge in [0.05, 0.1) is 24.5 Å². The van der Waals surface area contributed by atoms with E-state index >= 15 is 0 Å². The second-order valence-corrected chi connectivity index (χ2v) is 5.59. The molecule has 1 amide bonds. The van der Waals surface area contributed by atoms with Gasteiger partial charge < -0.3 is 14.2 Å². The van der Waals surface area contributed by atoms with Gasteiger partial charge >= 0.3 is 0 Å². The van der Waals surface area contributed by atoms with Gasteiger partial charge in [-0.25, -0.2) is 4.98 Å². The van der Waals surface area contributed by atoms with Crippen molar-refractivity contribution in [1.29, 1.82) is 0 Å². The summed E-state index contributed by atoms with van der Waals surface area (Å²) < 4.78 is 7.54. The molecule has 2 aromatic rings. The van der Waals surface area contributed by atoms with Crippen LogP contribution in [0.2, 0.25) is 0 Å². The number of carbonyl (C=O) groups excluding carboxylic acids is 1. The number of ether oxygens (including phenoxy) is 1. The van der Waals surface area contributed by atoms with E-state index in [4.69, 9.17) is 16.3 Å². The molecular formula is C15H18ClN3O2. The zero-order valence-corrected chi connectivity index (χ0v) is 12.9. The van der Waals surface area contributed by atoms with Crippen LogP contribution in [0, 0.1) is 0 Å². The summed E-state index contributed by atoms with van der Waals surface area (Å²) in [4.78, 5) is 18.1. The quantitative estimate of drug-likeness (QED) is 0.819. The lowest BCUT2D eigenvalue weighted by Gasteiger charge is -2.31. The molecule has 1 aliphatic heterocycles. The lowest BCUT2D eigenvalue weighted by atomic mass is 10.0. The number of methoxy groups -OCH3 is 1. The first-order valence-electron chi connectivity index (χ1n) is 6.99. The number of piperidine rings is 1. The third-order valence-corrected chi connectivity index (χ3v) is 4.30. The van der Waals surface area contributed by atoms with E-state index in [1.165, 1.54) is 0 Å². The standard InChI is InChI=1S/C15H18ClN3O2/c1-18-9-10(6-7-14(18)20)19-11-4-3-5-12(21-2)15(11)17-13(19)8-16/h3-5,10H,6-9H2,1-2H3. The number of aromatic nitrogens is 2. The first kappa shape index (κ1) is 14.2. The molecule has 6 heteroatoms. The summed E-state index contributed by atoms with van der Waals surface area (Å²) in [7, 11) is 3.48. The Bertz CT molecular complexity index is 683. The number of rotatable bonds is 3. The minimum absolute atomic E-state index is 0.195. The van der Waals surface area contributed by atoms with Crippen LogP contribution in [0.3, 0.4) is 0 Å². The molecule has 1 atom stereocenters. The van der Waals surface area contributed by atoms with Crippen LogP contribution in [0.15, 0.2) is 18.2 Å². The third kappa shape index (κ3) is 2.35. The zero-order valence-electron chi connectivity index (χ0n) is 12.2. The second-order valence-electron chi connectivity index (χ2n) is 5.33. The highest BCUT2D eigenvalue weighted by atomic mass is 35.5. The molecule has 3 rings (SSSR count). The number of nitrogens with zero attached hydrogens (tertiary/aromatic N) is 3. The van der Waals surface area contributed by atoms with Gasteiger partial charge in [-0.15, -0.1) is 11.6 Å². The van der Waals surface area contributed by atoms with Crippen LogP contribution in [0.4, 0.5) is 0 Å². The van der Waals surface area contributed by atoms with E-state index < -0.39 is 0 Å². The number of likely N-dealkylation sites (N-methyl/N-ethyl adjacent to an activating group) is 1. The van der Waals surface area contributed by atoms with E-state index in [0.29, 0.717) is 18.8 Å². The molecule has 0 radical (unpaired) electrons. The van der Waals surface area contributed by atoms with Crippen LogP contribution < -0.4 is 4.74 Å². The van der Waals surface area contributed by atoms with Crippen molar-refractivity contribution in [1.82, 2.24) is 14.5 Å². The SMILES string of the molecule is COc1cccc2c1nc(CCl)n2C1CCC(=O)N(C)C1. The highest BCUT2D eigenvalue weighted by Crippen LogP contribution is 2.32. The van der Waals surface area contributed by atoms with Gasteiger partial charge in [0.15, 0.2) is 0 Å². The summed E-state index contributed by atoms with van der Waals surface area (Å²) in [6.07, 6.45) is 1.38. The number of fused-ring (bicyclic) bond motifs is 1. The summed E-state index contributed by atoms with van der Waals surface area (Å²) >= 11 is 6.08. The van der Waals surface area contributed by atoms with Gasteiger partial charge in [-0.3, -0.25) is 4.79 Å². The number of hydrogen-bond donors (Lipinski definition) is 0. The fourth-order valence-corrected chi connectivity index (χ4v) is 3.20. The number of carbonyl (C=O) groups is 1. The smallest absolute Gasteiger partial charge is 0.222 e. The minimum Gasteiger partial charge on any atom is -0.494 e. The van der Waals surface area contributed by atoms with Crippen molar-refractivity contribution < 1.29 is 9.53 Å². The summed E-state index contributed by atoms with van der Waals surface area (Å²) in [5, 5.41) is 0. The fraction of sp³-hybridized carbons (Fsp3) is 0.467. The molecule has 1 aliphatic rings. The molecule has 21 heavy (non-hydrogen) atoms. The van der Waals surface area contributed by atoms with Gasteiger partial charge in [-0.2, -0.15) is 0 Å². The Morgan fingerprint density at radius 1 is 1.48 bits per heavy atom. The van der Waals surface area contributed by atoms with Gasteiger partial charge in [-0.05, 0) is 18.6 Å². The monoisotopic (exact) mass is 307 g/mol. The molecule has 0 saturated carbocycles. The number of likely N-dealkylation sites (tertiary alicyclic amines) is 1. The van der Waals surface area contributed by atoms with Gasteiger partial charge in [0.2, 0.25) is 5.91 Å². The molecule has 1 saturated heterocycles. The normalized spacial score (nSPS) is 19.3. The molecule has 5 nitrogen and oxygen atoms in total. The van der Waals surface area contributed by atoms with Crippen LogP contribution >= 0.6 is 11.6 Å². The molecule has 0 bridgehead atoms. The number of halogens is 1. The highest BCUT2D eigenvalue weighted by molar-refractivity contribution is 6.16. The maximum absolute atomic E-state index is 11.7. The van der Waals surface area contributed by atoms with Gasteiger partial charge in [0, 0.05) is 20.0 Å². The van der Waals surface area contributed by atoms with E-state index in [9.17, 15) is 4.79 Å². The summed E-state index contributed by atoms with van der Waals surface area (Å²) in [5.41, 5.74) is 1.84. The van der Waals surface area contributed by atoms with Crippen molar-refractivity contribution in [3.63, 3.8) is 0 Å². The second kappa shape index (κ2) is 5.56. The van der Waals surface area contributed by atoms with E-state index in [0.717, 1.165) is 29.0 Å². The average molecular weight is 308 g/mol. The average Bonchev–Trinajstić information content (AvgIpc) is 2.88. The Morgan fingerprint density at radius 2 is 2.29 bits per heavy atom. The summed E-state index contributed by atoms with van der Waals surface area (Å²) in [6, 6.07) is 6.08. The molecule has 1 unspecified atom stereocenters. The summed E-state index contributed by atoms with van der Waals surface area (Å²) in [5.74, 6) is 2.11. The Kier molecular flexibility index (Phi) is 3.76. The molecule has 2 heterocycles. The number of alkyl halides is 1. The molecule has 1 fully saturated rings. The Morgan fingerprint density at radius 3 is 2.95 bits per heavy atom. The molecule has 0 N–H and O–H groups in total. The molecule has 112 valence electrons.